The van der Waals surface area contributed by atoms with Crippen molar-refractivity contribution in [2.75, 3.05) is 0 Å². The first-order valence-electron chi connectivity index (χ1n) is 10.3. The first-order chi connectivity index (χ1) is 15.7. The fourth-order valence-corrected chi connectivity index (χ4v) is 5.89. The Labute approximate surface area is 193 Å². The van der Waals surface area contributed by atoms with Gasteiger partial charge in [0.1, 0.15) is 11.5 Å². The van der Waals surface area contributed by atoms with Gasteiger partial charge >= 0.3 is 0 Å². The summed E-state index contributed by atoms with van der Waals surface area (Å²) < 4.78 is 0. The van der Waals surface area contributed by atoms with Crippen LogP contribution in [0.25, 0.3) is 54.9 Å². The highest BCUT2D eigenvalue weighted by molar-refractivity contribution is 7.08. The standard InChI is InChI=1S/C28H18O2S2/c29-23-10-9-17-5-1-2-6-20(17)26(23)27-22-8-4-3-7-21(22)24(18-11-13-31-15-18)25(28(27)30)19-12-14-32-16-19/h1-16,29-30H. The Morgan fingerprint density at radius 3 is 1.75 bits per heavy atom. The van der Waals surface area contributed by atoms with Gasteiger partial charge in [-0.3, -0.25) is 0 Å². The molecule has 0 bridgehead atoms. The lowest BCUT2D eigenvalue weighted by Crippen LogP contribution is -1.93. The van der Waals surface area contributed by atoms with E-state index in [0.717, 1.165) is 43.8 Å². The second-order valence-electron chi connectivity index (χ2n) is 7.72. The van der Waals surface area contributed by atoms with E-state index in [9.17, 15) is 10.2 Å². The molecule has 2 N–H and O–H groups in total. The molecule has 2 nitrogen and oxygen atoms in total. The molecule has 0 unspecified atom stereocenters. The zero-order chi connectivity index (χ0) is 21.7. The van der Waals surface area contributed by atoms with E-state index in [-0.39, 0.29) is 11.5 Å². The van der Waals surface area contributed by atoms with Crippen LogP contribution in [0, 0.1) is 0 Å². The van der Waals surface area contributed by atoms with Crippen molar-refractivity contribution in [2.45, 2.75) is 0 Å². The molecule has 4 heteroatoms. The lowest BCUT2D eigenvalue weighted by Gasteiger charge is -2.20. The largest absolute Gasteiger partial charge is 0.507 e. The number of benzene rings is 4. The number of thiophene rings is 2. The van der Waals surface area contributed by atoms with E-state index < -0.39 is 0 Å². The van der Waals surface area contributed by atoms with Gasteiger partial charge < -0.3 is 10.2 Å². The Morgan fingerprint density at radius 1 is 0.500 bits per heavy atom. The van der Waals surface area contributed by atoms with Crippen LogP contribution in [0.4, 0.5) is 0 Å². The fourth-order valence-electron chi connectivity index (χ4n) is 4.59. The minimum atomic E-state index is 0.156. The first-order valence-corrected chi connectivity index (χ1v) is 12.2. The molecule has 0 saturated heterocycles. The van der Waals surface area contributed by atoms with E-state index in [1.165, 1.54) is 0 Å². The lowest BCUT2D eigenvalue weighted by molar-refractivity contribution is 0.471. The molecule has 0 spiro atoms. The molecule has 4 aromatic carbocycles. The first kappa shape index (κ1) is 19.1. The van der Waals surface area contributed by atoms with Crippen LogP contribution in [-0.2, 0) is 0 Å². The minimum absolute atomic E-state index is 0.156. The summed E-state index contributed by atoms with van der Waals surface area (Å²) in [5.74, 6) is 0.346. The molecule has 0 atom stereocenters. The third kappa shape index (κ3) is 2.84. The van der Waals surface area contributed by atoms with Crippen molar-refractivity contribution in [1.82, 2.24) is 0 Å². The molecule has 32 heavy (non-hydrogen) atoms. The zero-order valence-corrected chi connectivity index (χ0v) is 18.6. The van der Waals surface area contributed by atoms with Gasteiger partial charge in [-0.15, -0.1) is 0 Å². The molecule has 6 aromatic rings. The highest BCUT2D eigenvalue weighted by Crippen LogP contribution is 2.53. The predicted molar refractivity (Wildman–Crippen MR) is 137 cm³/mol. The molecular formula is C28H18O2S2. The van der Waals surface area contributed by atoms with E-state index in [2.05, 4.69) is 28.3 Å². The van der Waals surface area contributed by atoms with Crippen LogP contribution in [0.3, 0.4) is 0 Å². The van der Waals surface area contributed by atoms with Gasteiger partial charge in [0.15, 0.2) is 0 Å². The topological polar surface area (TPSA) is 40.5 Å². The van der Waals surface area contributed by atoms with Gasteiger partial charge in [-0.1, -0.05) is 54.6 Å². The Morgan fingerprint density at radius 2 is 1.09 bits per heavy atom. The van der Waals surface area contributed by atoms with E-state index in [1.807, 2.05) is 60.0 Å². The van der Waals surface area contributed by atoms with Crippen molar-refractivity contribution in [3.05, 3.63) is 94.3 Å². The third-order valence-electron chi connectivity index (χ3n) is 5.97. The summed E-state index contributed by atoms with van der Waals surface area (Å²) in [6, 6.07) is 23.9. The van der Waals surface area contributed by atoms with Crippen LogP contribution in [0.5, 0.6) is 11.5 Å². The van der Waals surface area contributed by atoms with Crippen LogP contribution in [0.15, 0.2) is 94.3 Å². The molecule has 0 radical (unpaired) electrons. The molecule has 2 aromatic heterocycles. The average molecular weight is 451 g/mol. The number of phenols is 2. The maximum absolute atomic E-state index is 11.9. The number of fused-ring (bicyclic) bond motifs is 2. The Kier molecular flexibility index (Phi) is 4.49. The molecule has 0 aliphatic carbocycles. The highest BCUT2D eigenvalue weighted by Gasteiger charge is 2.25. The van der Waals surface area contributed by atoms with Crippen molar-refractivity contribution in [1.29, 1.82) is 0 Å². The molecule has 0 fully saturated rings. The molecule has 6 rings (SSSR count). The number of hydrogen-bond donors (Lipinski definition) is 2. The predicted octanol–water partition coefficient (Wildman–Crippen LogP) is 8.53. The van der Waals surface area contributed by atoms with Gasteiger partial charge in [-0.05, 0) is 72.4 Å². The number of hydrogen-bond acceptors (Lipinski definition) is 4. The molecule has 2 heterocycles. The Hall–Kier alpha value is -3.60. The third-order valence-corrected chi connectivity index (χ3v) is 7.33. The van der Waals surface area contributed by atoms with Crippen molar-refractivity contribution in [3.63, 3.8) is 0 Å². The van der Waals surface area contributed by atoms with Gasteiger partial charge in [0.05, 0.1) is 0 Å². The van der Waals surface area contributed by atoms with Crippen LogP contribution in [0.1, 0.15) is 0 Å². The molecule has 0 saturated carbocycles. The lowest BCUT2D eigenvalue weighted by atomic mass is 9.84. The van der Waals surface area contributed by atoms with Gasteiger partial charge in [-0.2, -0.15) is 22.7 Å². The maximum atomic E-state index is 11.9. The van der Waals surface area contributed by atoms with E-state index in [1.54, 1.807) is 28.7 Å². The Balaban J connectivity index is 1.85. The number of aromatic hydroxyl groups is 2. The molecule has 0 aliphatic rings. The van der Waals surface area contributed by atoms with Crippen LogP contribution in [-0.4, -0.2) is 10.2 Å². The number of rotatable bonds is 3. The Bertz CT molecular complexity index is 1580. The SMILES string of the molecule is Oc1ccc2ccccc2c1-c1c(O)c(-c2ccsc2)c(-c2ccsc2)c2ccccc12. The van der Waals surface area contributed by atoms with Gasteiger partial charge in [0.25, 0.3) is 0 Å². The van der Waals surface area contributed by atoms with Crippen LogP contribution in [0.2, 0.25) is 0 Å². The summed E-state index contributed by atoms with van der Waals surface area (Å²) in [7, 11) is 0. The van der Waals surface area contributed by atoms with Gasteiger partial charge in [0.2, 0.25) is 0 Å². The van der Waals surface area contributed by atoms with Gasteiger partial charge in [0, 0.05) is 22.3 Å². The molecular weight excluding hydrogens is 432 g/mol. The normalized spacial score (nSPS) is 11.4. The van der Waals surface area contributed by atoms with Crippen molar-refractivity contribution in [3.8, 4) is 44.9 Å². The quantitative estimate of drug-likeness (QED) is 0.284. The highest BCUT2D eigenvalue weighted by atomic mass is 32.1. The minimum Gasteiger partial charge on any atom is -0.507 e. The number of phenolic OH excluding ortho intramolecular Hbond substituents is 2. The molecule has 154 valence electrons. The van der Waals surface area contributed by atoms with E-state index in [4.69, 9.17) is 0 Å². The van der Waals surface area contributed by atoms with Crippen molar-refractivity contribution in [2.24, 2.45) is 0 Å². The fraction of sp³-hybridized carbons (Fsp3) is 0. The van der Waals surface area contributed by atoms with Crippen LogP contribution < -0.4 is 0 Å². The summed E-state index contributed by atoms with van der Waals surface area (Å²) in [6.45, 7) is 0. The second-order valence-corrected chi connectivity index (χ2v) is 9.28. The van der Waals surface area contributed by atoms with Crippen molar-refractivity contribution >= 4 is 44.2 Å². The van der Waals surface area contributed by atoms with Crippen LogP contribution >= 0.6 is 22.7 Å². The summed E-state index contributed by atoms with van der Waals surface area (Å²) >= 11 is 3.24. The molecule has 0 aliphatic heterocycles. The second kappa shape index (κ2) is 7.52. The van der Waals surface area contributed by atoms with E-state index in [0.29, 0.717) is 11.1 Å². The smallest absolute Gasteiger partial charge is 0.132 e. The summed E-state index contributed by atoms with van der Waals surface area (Å²) in [4.78, 5) is 0. The summed E-state index contributed by atoms with van der Waals surface area (Å²) in [5, 5.41) is 35.0. The monoisotopic (exact) mass is 450 g/mol. The zero-order valence-electron chi connectivity index (χ0n) is 16.9. The summed E-state index contributed by atoms with van der Waals surface area (Å²) in [5.41, 5.74) is 5.18. The van der Waals surface area contributed by atoms with Crippen molar-refractivity contribution < 1.29 is 10.2 Å². The van der Waals surface area contributed by atoms with Gasteiger partial charge in [-0.25, -0.2) is 0 Å². The average Bonchev–Trinajstić information content (AvgIpc) is 3.54. The summed E-state index contributed by atoms with van der Waals surface area (Å²) in [6.07, 6.45) is 0. The maximum Gasteiger partial charge on any atom is 0.132 e. The van der Waals surface area contributed by atoms with E-state index >= 15 is 0 Å². The molecule has 0 amide bonds.